The number of aromatic nitrogens is 1. The van der Waals surface area contributed by atoms with Crippen molar-refractivity contribution in [2.75, 3.05) is 5.75 Å². The number of aromatic hydroxyl groups is 1. The molecule has 1 fully saturated rings. The van der Waals surface area contributed by atoms with Crippen molar-refractivity contribution < 1.29 is 24.6 Å². The number of carboxylic acids is 1. The predicted molar refractivity (Wildman–Crippen MR) is 108 cm³/mol. The van der Waals surface area contributed by atoms with Crippen LogP contribution in [0.2, 0.25) is 0 Å². The number of carbonyl (C=O) groups is 3. The van der Waals surface area contributed by atoms with Gasteiger partial charge in [0.05, 0.1) is 22.7 Å². The van der Waals surface area contributed by atoms with Crippen molar-refractivity contribution in [3.8, 4) is 16.3 Å². The van der Waals surface area contributed by atoms with Gasteiger partial charge in [-0.15, -0.1) is 23.1 Å². The molecule has 3 N–H and O–H groups in total. The van der Waals surface area contributed by atoms with Gasteiger partial charge < -0.3 is 15.5 Å². The lowest BCUT2D eigenvalue weighted by Gasteiger charge is -2.48. The molecular weight excluding hydrogens is 438 g/mol. The molecule has 0 saturated carbocycles. The van der Waals surface area contributed by atoms with Crippen LogP contribution in [0.15, 0.2) is 40.4 Å². The van der Waals surface area contributed by atoms with Gasteiger partial charge in [0.25, 0.3) is 5.91 Å². The minimum atomic E-state index is -1.27. The van der Waals surface area contributed by atoms with Crippen molar-refractivity contribution in [3.05, 3.63) is 46.1 Å². The number of β-lactam (4-membered cyclic amide) rings is 1. The maximum Gasteiger partial charge on any atom is 0.353 e. The smallest absolute Gasteiger partial charge is 0.353 e. The summed E-state index contributed by atoms with van der Waals surface area (Å²) in [5, 5.41) is 23.8. The molecule has 2 unspecified atom stereocenters. The van der Waals surface area contributed by atoms with Crippen LogP contribution in [0.1, 0.15) is 5.69 Å². The molecule has 2 amide bonds. The van der Waals surface area contributed by atoms with Gasteiger partial charge in [0.2, 0.25) is 5.91 Å². The van der Waals surface area contributed by atoms with E-state index in [9.17, 15) is 24.6 Å². The normalized spacial score (nSPS) is 20.9. The third kappa shape index (κ3) is 3.59. The van der Waals surface area contributed by atoms with E-state index < -0.39 is 29.2 Å². The Labute approximate surface area is 178 Å². The lowest BCUT2D eigenvalue weighted by atomic mass is 10.0. The highest BCUT2D eigenvalue weighted by Gasteiger charge is 2.54. The van der Waals surface area contributed by atoms with E-state index in [1.165, 1.54) is 23.1 Å². The summed E-state index contributed by atoms with van der Waals surface area (Å²) >= 11 is 8.54. The number of phenols is 1. The Kier molecular flexibility index (Phi) is 5.24. The second kappa shape index (κ2) is 7.69. The Morgan fingerprint density at radius 3 is 2.83 bits per heavy atom. The molecule has 1 aromatic heterocycles. The summed E-state index contributed by atoms with van der Waals surface area (Å²) in [5.74, 6) is -1.79. The standard InChI is InChI=1S/C18H14ClN3O5S2/c19-10-7-29-17-13(16(25)22(17)14(10)18(26)27)21-12(24)5-8-6-28-15(20-8)9-3-1-2-4-11(9)23/h1-4,6,13,17,23H,5,7H2,(H,21,24)(H,26,27). The number of nitrogens with zero attached hydrogens (tertiary/aromatic N) is 2. The monoisotopic (exact) mass is 451 g/mol. The largest absolute Gasteiger partial charge is 0.507 e. The van der Waals surface area contributed by atoms with Crippen molar-refractivity contribution in [1.29, 1.82) is 0 Å². The molecule has 0 spiro atoms. The van der Waals surface area contributed by atoms with E-state index in [0.717, 1.165) is 4.90 Å². The number of rotatable bonds is 5. The molecule has 0 bridgehead atoms. The van der Waals surface area contributed by atoms with Gasteiger partial charge in [-0.2, -0.15) is 0 Å². The topological polar surface area (TPSA) is 120 Å². The van der Waals surface area contributed by atoms with E-state index in [1.54, 1.807) is 29.6 Å². The van der Waals surface area contributed by atoms with Gasteiger partial charge in [-0.05, 0) is 12.1 Å². The van der Waals surface area contributed by atoms with Crippen LogP contribution in [0.25, 0.3) is 10.6 Å². The predicted octanol–water partition coefficient (Wildman–Crippen LogP) is 1.99. The fourth-order valence-electron chi connectivity index (χ4n) is 3.14. The first-order valence-electron chi connectivity index (χ1n) is 8.45. The van der Waals surface area contributed by atoms with Crippen LogP contribution in [-0.4, -0.2) is 55.0 Å². The summed E-state index contributed by atoms with van der Waals surface area (Å²) in [7, 11) is 0. The number of carboxylic acid groups (broad SMARTS) is 1. The van der Waals surface area contributed by atoms with Crippen molar-refractivity contribution in [2.45, 2.75) is 17.8 Å². The van der Waals surface area contributed by atoms with Crippen LogP contribution in [0.5, 0.6) is 5.75 Å². The van der Waals surface area contributed by atoms with Crippen LogP contribution >= 0.6 is 34.7 Å². The van der Waals surface area contributed by atoms with Gasteiger partial charge in [-0.25, -0.2) is 9.78 Å². The number of carbonyl (C=O) groups excluding carboxylic acids is 2. The summed E-state index contributed by atoms with van der Waals surface area (Å²) < 4.78 is 0. The zero-order valence-corrected chi connectivity index (χ0v) is 17.1. The first-order chi connectivity index (χ1) is 13.9. The first kappa shape index (κ1) is 19.7. The Morgan fingerprint density at radius 1 is 1.34 bits per heavy atom. The number of para-hydroxylation sites is 1. The number of phenolic OH excluding ortho intramolecular Hbond substituents is 1. The molecule has 2 aromatic rings. The number of benzene rings is 1. The third-order valence-electron chi connectivity index (χ3n) is 4.47. The van der Waals surface area contributed by atoms with Crippen molar-refractivity contribution in [1.82, 2.24) is 15.2 Å². The Bertz CT molecular complexity index is 1050. The maximum atomic E-state index is 12.4. The molecule has 11 heteroatoms. The fourth-order valence-corrected chi connectivity index (χ4v) is 5.54. The molecule has 8 nitrogen and oxygen atoms in total. The van der Waals surface area contributed by atoms with Crippen LogP contribution in [0.3, 0.4) is 0 Å². The van der Waals surface area contributed by atoms with Gasteiger partial charge in [-0.3, -0.25) is 14.5 Å². The second-order valence-corrected chi connectivity index (χ2v) is 8.77. The zero-order valence-electron chi connectivity index (χ0n) is 14.7. The first-order valence-corrected chi connectivity index (χ1v) is 10.8. The number of thiazole rings is 1. The molecule has 2 atom stereocenters. The molecule has 1 saturated heterocycles. The average molecular weight is 452 g/mol. The average Bonchev–Trinajstić information content (AvgIpc) is 3.14. The van der Waals surface area contributed by atoms with Gasteiger partial charge in [0.15, 0.2) is 0 Å². The highest BCUT2D eigenvalue weighted by atomic mass is 35.5. The second-order valence-electron chi connectivity index (χ2n) is 6.35. The minimum Gasteiger partial charge on any atom is -0.507 e. The summed E-state index contributed by atoms with van der Waals surface area (Å²) in [6.45, 7) is 0. The van der Waals surface area contributed by atoms with E-state index >= 15 is 0 Å². The summed E-state index contributed by atoms with van der Waals surface area (Å²) in [6, 6.07) is 5.98. The molecule has 1 aromatic carbocycles. The Morgan fingerprint density at radius 2 is 2.10 bits per heavy atom. The molecule has 4 rings (SSSR count). The number of thioether (sulfide) groups is 1. The SMILES string of the molecule is O=C(Cc1csc(-c2ccccc2O)n1)NC1C(=O)N2C(C(=O)O)=C(Cl)CSC12. The molecule has 2 aliphatic heterocycles. The Hall–Kier alpha value is -2.56. The van der Waals surface area contributed by atoms with Gasteiger partial charge >= 0.3 is 5.97 Å². The van der Waals surface area contributed by atoms with Crippen LogP contribution in [-0.2, 0) is 20.8 Å². The van der Waals surface area contributed by atoms with Gasteiger partial charge in [-0.1, -0.05) is 23.7 Å². The molecule has 0 radical (unpaired) electrons. The van der Waals surface area contributed by atoms with Crippen LogP contribution in [0, 0.1) is 0 Å². The molecule has 3 heterocycles. The molecular formula is C18H14ClN3O5S2. The lowest BCUT2D eigenvalue weighted by molar-refractivity contribution is -0.150. The number of nitrogens with one attached hydrogen (secondary N) is 1. The zero-order chi connectivity index (χ0) is 20.7. The highest BCUT2D eigenvalue weighted by Crippen LogP contribution is 2.41. The number of hydrogen-bond acceptors (Lipinski definition) is 7. The van der Waals surface area contributed by atoms with E-state index in [2.05, 4.69) is 10.3 Å². The van der Waals surface area contributed by atoms with Crippen molar-refractivity contribution in [3.63, 3.8) is 0 Å². The summed E-state index contributed by atoms with van der Waals surface area (Å²) in [6.07, 6.45) is -0.0341. The molecule has 0 aliphatic carbocycles. The molecule has 29 heavy (non-hydrogen) atoms. The lowest BCUT2D eigenvalue weighted by Crippen LogP contribution is -2.70. The van der Waals surface area contributed by atoms with Gasteiger partial charge in [0, 0.05) is 11.1 Å². The number of hydrogen-bond donors (Lipinski definition) is 3. The van der Waals surface area contributed by atoms with Crippen LogP contribution < -0.4 is 5.32 Å². The quantitative estimate of drug-likeness (QED) is 0.594. The van der Waals surface area contributed by atoms with E-state index in [0.29, 0.717) is 16.3 Å². The molecule has 150 valence electrons. The minimum absolute atomic E-state index is 0.0341. The maximum absolute atomic E-state index is 12.4. The Balaban J connectivity index is 1.41. The third-order valence-corrected chi connectivity index (χ3v) is 7.14. The van der Waals surface area contributed by atoms with Crippen molar-refractivity contribution in [2.24, 2.45) is 0 Å². The van der Waals surface area contributed by atoms with Gasteiger partial charge in [0.1, 0.15) is 27.9 Å². The summed E-state index contributed by atoms with van der Waals surface area (Å²) in [4.78, 5) is 41.6. The van der Waals surface area contributed by atoms with Crippen LogP contribution in [0.4, 0.5) is 0 Å². The summed E-state index contributed by atoms with van der Waals surface area (Å²) in [5.41, 5.74) is 0.870. The van der Waals surface area contributed by atoms with E-state index in [4.69, 9.17) is 11.6 Å². The highest BCUT2D eigenvalue weighted by molar-refractivity contribution is 8.00. The van der Waals surface area contributed by atoms with E-state index in [-0.39, 0.29) is 28.7 Å². The number of aliphatic carboxylic acids is 1. The number of halogens is 1. The molecule has 2 aliphatic rings. The van der Waals surface area contributed by atoms with Crippen molar-refractivity contribution >= 4 is 52.5 Å². The fraction of sp³-hybridized carbons (Fsp3) is 0.222. The van der Waals surface area contributed by atoms with E-state index in [1.807, 2.05) is 0 Å². The number of fused-ring (bicyclic) bond motifs is 1. The number of amides is 2.